The molecular formula is C21H30N2O. The van der Waals surface area contributed by atoms with Crippen molar-refractivity contribution in [1.82, 2.24) is 10.2 Å². The number of aryl methyl sites for hydroxylation is 1. The van der Waals surface area contributed by atoms with E-state index >= 15 is 0 Å². The van der Waals surface area contributed by atoms with E-state index in [-0.39, 0.29) is 6.10 Å². The molecule has 3 heteroatoms. The Balaban J connectivity index is 1.54. The molecule has 6 atom stereocenters. The van der Waals surface area contributed by atoms with E-state index in [1.54, 1.807) is 11.1 Å². The summed E-state index contributed by atoms with van der Waals surface area (Å²) in [5, 5.41) is 18.0. The lowest BCUT2D eigenvalue weighted by Gasteiger charge is -2.57. The molecule has 2 saturated carbocycles. The lowest BCUT2D eigenvalue weighted by Crippen LogP contribution is -2.51. The van der Waals surface area contributed by atoms with Crippen LogP contribution in [0.15, 0.2) is 11.6 Å². The Morgan fingerprint density at radius 3 is 2.75 bits per heavy atom. The van der Waals surface area contributed by atoms with Crippen LogP contribution in [0.4, 0.5) is 0 Å². The van der Waals surface area contributed by atoms with Crippen molar-refractivity contribution in [3.8, 4) is 0 Å². The maximum Gasteiger partial charge on any atom is 0.0665 e. The molecule has 0 unspecified atom stereocenters. The molecule has 4 aliphatic rings. The zero-order valence-corrected chi connectivity index (χ0v) is 15.2. The molecule has 2 fully saturated rings. The number of aromatic amines is 1. The van der Waals surface area contributed by atoms with Gasteiger partial charge in [-0.1, -0.05) is 25.5 Å². The topological polar surface area (TPSA) is 48.9 Å². The number of aliphatic hydroxyl groups excluding tert-OH is 1. The highest BCUT2D eigenvalue weighted by molar-refractivity contribution is 5.41. The number of nitrogens with zero attached hydrogens (tertiary/aromatic N) is 1. The molecule has 1 heterocycles. The fourth-order valence-electron chi connectivity index (χ4n) is 7.24. The van der Waals surface area contributed by atoms with E-state index in [0.29, 0.717) is 10.8 Å². The van der Waals surface area contributed by atoms with Crippen LogP contribution in [0.1, 0.15) is 69.3 Å². The second-order valence-corrected chi connectivity index (χ2v) is 9.49. The summed E-state index contributed by atoms with van der Waals surface area (Å²) in [5.74, 6) is 2.35. The summed E-state index contributed by atoms with van der Waals surface area (Å²) in [4.78, 5) is 0. The van der Waals surface area contributed by atoms with Gasteiger partial charge in [0.05, 0.1) is 11.8 Å². The Hall–Kier alpha value is -1.09. The van der Waals surface area contributed by atoms with Gasteiger partial charge >= 0.3 is 0 Å². The van der Waals surface area contributed by atoms with Crippen LogP contribution in [0.2, 0.25) is 0 Å². The third-order valence-corrected chi connectivity index (χ3v) is 8.47. The molecule has 130 valence electrons. The van der Waals surface area contributed by atoms with Crippen LogP contribution in [-0.2, 0) is 11.8 Å². The molecule has 24 heavy (non-hydrogen) atoms. The summed E-state index contributed by atoms with van der Waals surface area (Å²) in [6.07, 6.45) is 10.5. The van der Waals surface area contributed by atoms with Crippen LogP contribution in [0, 0.1) is 30.1 Å². The summed E-state index contributed by atoms with van der Waals surface area (Å²) in [7, 11) is 0. The first-order valence-corrected chi connectivity index (χ1v) is 9.85. The number of aliphatic hydroxyl groups is 1. The average molecular weight is 326 g/mol. The Morgan fingerprint density at radius 2 is 1.92 bits per heavy atom. The van der Waals surface area contributed by atoms with E-state index in [9.17, 15) is 5.11 Å². The Labute approximate surface area is 144 Å². The highest BCUT2D eigenvalue weighted by Crippen LogP contribution is 2.64. The number of aromatic nitrogens is 2. The van der Waals surface area contributed by atoms with Crippen molar-refractivity contribution in [2.75, 3.05) is 0 Å². The highest BCUT2D eigenvalue weighted by Gasteiger charge is 2.58. The lowest BCUT2D eigenvalue weighted by atomic mass is 9.47. The third kappa shape index (κ3) is 1.75. The van der Waals surface area contributed by atoms with E-state index < -0.39 is 0 Å². The maximum absolute atomic E-state index is 10.1. The second-order valence-electron chi connectivity index (χ2n) is 9.49. The van der Waals surface area contributed by atoms with Crippen LogP contribution in [0.3, 0.4) is 0 Å². The van der Waals surface area contributed by atoms with Crippen molar-refractivity contribution in [3.05, 3.63) is 28.6 Å². The quantitative estimate of drug-likeness (QED) is 0.707. The zero-order chi connectivity index (χ0) is 16.7. The van der Waals surface area contributed by atoms with Crippen LogP contribution in [-0.4, -0.2) is 21.4 Å². The van der Waals surface area contributed by atoms with Gasteiger partial charge in [0.25, 0.3) is 0 Å². The Bertz CT molecular complexity index is 719. The van der Waals surface area contributed by atoms with E-state index in [0.717, 1.165) is 30.6 Å². The van der Waals surface area contributed by atoms with Crippen molar-refractivity contribution >= 4 is 0 Å². The summed E-state index contributed by atoms with van der Waals surface area (Å²) in [5.41, 5.74) is 6.42. The SMILES string of the molecule is Cc1[nH]nc2c1[C@]1(C)CC[C@@H]3[C@H](CC=C4C[C@@H](O)CC[C@@]43C)[C@H]1C2. The molecular weight excluding hydrogens is 296 g/mol. The normalized spacial score (nSPS) is 46.6. The first kappa shape index (κ1) is 15.2. The van der Waals surface area contributed by atoms with Gasteiger partial charge in [-0.3, -0.25) is 5.10 Å². The van der Waals surface area contributed by atoms with Gasteiger partial charge in [0.2, 0.25) is 0 Å². The number of rotatable bonds is 0. The first-order chi connectivity index (χ1) is 11.4. The second kappa shape index (κ2) is 4.75. The first-order valence-electron chi connectivity index (χ1n) is 9.85. The van der Waals surface area contributed by atoms with Crippen LogP contribution in [0.25, 0.3) is 0 Å². The Kier molecular flexibility index (Phi) is 3.01. The summed E-state index contributed by atoms with van der Waals surface area (Å²) in [6.45, 7) is 7.21. The molecule has 0 bridgehead atoms. The molecule has 1 aromatic rings. The predicted octanol–water partition coefficient (Wildman–Crippen LogP) is 4.06. The molecule has 1 aromatic heterocycles. The molecule has 0 amide bonds. The average Bonchev–Trinajstić information content (AvgIpc) is 3.06. The molecule has 4 aliphatic carbocycles. The van der Waals surface area contributed by atoms with Crippen molar-refractivity contribution in [2.24, 2.45) is 23.2 Å². The van der Waals surface area contributed by atoms with Crippen molar-refractivity contribution in [3.63, 3.8) is 0 Å². The molecule has 0 spiro atoms. The number of nitrogens with one attached hydrogen (secondary N) is 1. The molecule has 0 radical (unpaired) electrons. The molecule has 0 aliphatic heterocycles. The van der Waals surface area contributed by atoms with Gasteiger partial charge in [-0.2, -0.15) is 5.10 Å². The lowest BCUT2D eigenvalue weighted by molar-refractivity contribution is -0.0166. The fourth-order valence-corrected chi connectivity index (χ4v) is 7.24. The standard InChI is InChI=1S/C21H30N2O/c1-12-19-18(23-22-12)11-17-15-5-4-13-10-14(24)6-8-20(13,2)16(15)7-9-21(17,19)3/h4,14-17,24H,5-11H2,1-3H3,(H,22,23)/t14-,15-,16+,17+,20-,21+/m0/s1. The van der Waals surface area contributed by atoms with E-state index in [2.05, 4.69) is 37.0 Å². The van der Waals surface area contributed by atoms with Crippen molar-refractivity contribution < 1.29 is 5.11 Å². The van der Waals surface area contributed by atoms with Crippen LogP contribution >= 0.6 is 0 Å². The minimum absolute atomic E-state index is 0.103. The summed E-state index contributed by atoms with van der Waals surface area (Å²) in [6, 6.07) is 0. The monoisotopic (exact) mass is 326 g/mol. The fraction of sp³-hybridized carbons (Fsp3) is 0.762. The third-order valence-electron chi connectivity index (χ3n) is 8.47. The predicted molar refractivity (Wildman–Crippen MR) is 94.7 cm³/mol. The van der Waals surface area contributed by atoms with Gasteiger partial charge in [-0.25, -0.2) is 0 Å². The number of allylic oxidation sites excluding steroid dienone is 1. The Morgan fingerprint density at radius 1 is 1.12 bits per heavy atom. The van der Waals surface area contributed by atoms with Crippen molar-refractivity contribution in [2.45, 2.75) is 77.2 Å². The van der Waals surface area contributed by atoms with Gasteiger partial charge in [0.1, 0.15) is 0 Å². The molecule has 5 rings (SSSR count). The van der Waals surface area contributed by atoms with Gasteiger partial charge in [-0.05, 0) is 80.5 Å². The van der Waals surface area contributed by atoms with Gasteiger partial charge in [-0.15, -0.1) is 0 Å². The van der Waals surface area contributed by atoms with Gasteiger partial charge < -0.3 is 5.11 Å². The summed E-state index contributed by atoms with van der Waals surface area (Å²) >= 11 is 0. The molecule has 0 aromatic carbocycles. The minimum Gasteiger partial charge on any atom is -0.393 e. The maximum atomic E-state index is 10.1. The highest BCUT2D eigenvalue weighted by atomic mass is 16.3. The number of hydrogen-bond acceptors (Lipinski definition) is 2. The van der Waals surface area contributed by atoms with Gasteiger partial charge in [0.15, 0.2) is 0 Å². The number of H-pyrrole nitrogens is 1. The zero-order valence-electron chi connectivity index (χ0n) is 15.2. The minimum atomic E-state index is -0.103. The van der Waals surface area contributed by atoms with E-state index in [1.165, 1.54) is 43.5 Å². The van der Waals surface area contributed by atoms with E-state index in [4.69, 9.17) is 0 Å². The van der Waals surface area contributed by atoms with Gasteiger partial charge in [0, 0.05) is 11.3 Å². The largest absolute Gasteiger partial charge is 0.393 e. The summed E-state index contributed by atoms with van der Waals surface area (Å²) < 4.78 is 0. The van der Waals surface area contributed by atoms with Crippen molar-refractivity contribution in [1.29, 1.82) is 0 Å². The van der Waals surface area contributed by atoms with Crippen LogP contribution < -0.4 is 0 Å². The molecule has 3 nitrogen and oxygen atoms in total. The molecule has 0 saturated heterocycles. The van der Waals surface area contributed by atoms with E-state index in [1.807, 2.05) is 0 Å². The molecule has 2 N–H and O–H groups in total. The smallest absolute Gasteiger partial charge is 0.0665 e. The van der Waals surface area contributed by atoms with Crippen LogP contribution in [0.5, 0.6) is 0 Å². The number of hydrogen-bond donors (Lipinski definition) is 2. The number of fused-ring (bicyclic) bond motifs is 7.